The fourth-order valence-electron chi connectivity index (χ4n) is 4.14. The smallest absolute Gasteiger partial charge is 0.335 e. The summed E-state index contributed by atoms with van der Waals surface area (Å²) in [5, 5.41) is 14.4. The molecule has 1 aromatic heterocycles. The van der Waals surface area contributed by atoms with Crippen molar-refractivity contribution in [2.45, 2.75) is 11.1 Å². The second-order valence-corrected chi connectivity index (χ2v) is 11.2. The van der Waals surface area contributed by atoms with E-state index in [2.05, 4.69) is 22.7 Å². The second-order valence-electron chi connectivity index (χ2n) is 8.46. The van der Waals surface area contributed by atoms with Gasteiger partial charge in [0, 0.05) is 40.7 Å². The molecule has 1 amide bonds. The number of carbonyl (C=O) groups is 2. The molecular formula is C28H25N3O4S2. The van der Waals surface area contributed by atoms with Gasteiger partial charge in [0.15, 0.2) is 6.61 Å². The molecule has 0 spiro atoms. The Balaban J connectivity index is 1.20. The monoisotopic (exact) mass is 531 g/mol. The summed E-state index contributed by atoms with van der Waals surface area (Å²) in [6, 6.07) is 22.7. The number of rotatable bonds is 9. The quantitative estimate of drug-likeness (QED) is 0.222. The maximum absolute atomic E-state index is 12.3. The number of amides is 1. The number of aromatic carboxylic acids is 1. The van der Waals surface area contributed by atoms with Gasteiger partial charge in [-0.2, -0.15) is 5.10 Å². The first-order chi connectivity index (χ1) is 18.1. The van der Waals surface area contributed by atoms with Crippen LogP contribution >= 0.6 is 23.5 Å². The molecule has 2 heterocycles. The van der Waals surface area contributed by atoms with E-state index >= 15 is 0 Å². The van der Waals surface area contributed by atoms with E-state index in [1.54, 1.807) is 24.4 Å². The van der Waals surface area contributed by atoms with Gasteiger partial charge in [-0.3, -0.25) is 4.79 Å². The number of ether oxygens (including phenoxy) is 1. The van der Waals surface area contributed by atoms with Crippen molar-refractivity contribution in [3.63, 3.8) is 0 Å². The van der Waals surface area contributed by atoms with Crippen LogP contribution < -0.4 is 10.2 Å². The van der Waals surface area contributed by atoms with Crippen molar-refractivity contribution in [3.05, 3.63) is 101 Å². The summed E-state index contributed by atoms with van der Waals surface area (Å²) in [5.74, 6) is 1.69. The van der Waals surface area contributed by atoms with E-state index in [1.807, 2.05) is 76.8 Å². The Hall–Kier alpha value is -3.69. The van der Waals surface area contributed by atoms with Crippen LogP contribution in [0.3, 0.4) is 0 Å². The normalized spacial score (nSPS) is 13.8. The molecular weight excluding hydrogens is 506 g/mol. The third-order valence-corrected chi connectivity index (χ3v) is 8.99. The fraction of sp³-hybridized carbons (Fsp3) is 0.179. The van der Waals surface area contributed by atoms with Gasteiger partial charge in [0.2, 0.25) is 0 Å². The van der Waals surface area contributed by atoms with E-state index in [-0.39, 0.29) is 18.1 Å². The predicted molar refractivity (Wildman–Crippen MR) is 150 cm³/mol. The highest BCUT2D eigenvalue weighted by atomic mass is 32.2. The maximum Gasteiger partial charge on any atom is 0.335 e. The molecule has 0 bridgehead atoms. The molecule has 0 saturated carbocycles. The van der Waals surface area contributed by atoms with Crippen LogP contribution in [0.2, 0.25) is 0 Å². The number of thioether (sulfide) groups is 2. The number of carboxylic acids is 1. The fourth-order valence-corrected chi connectivity index (χ4v) is 6.99. The van der Waals surface area contributed by atoms with Crippen molar-refractivity contribution in [1.82, 2.24) is 9.99 Å². The molecule has 0 aliphatic carbocycles. The molecule has 37 heavy (non-hydrogen) atoms. The van der Waals surface area contributed by atoms with Crippen LogP contribution in [0, 0.1) is 0 Å². The molecule has 188 valence electrons. The van der Waals surface area contributed by atoms with Crippen molar-refractivity contribution in [3.8, 4) is 5.75 Å². The molecule has 1 saturated heterocycles. The van der Waals surface area contributed by atoms with Crippen molar-refractivity contribution in [1.29, 1.82) is 0 Å². The lowest BCUT2D eigenvalue weighted by atomic mass is 10.1. The summed E-state index contributed by atoms with van der Waals surface area (Å²) < 4.78 is 8.13. The molecule has 7 nitrogen and oxygen atoms in total. The summed E-state index contributed by atoms with van der Waals surface area (Å²) >= 11 is 3.90. The number of carboxylic acid groups (broad SMARTS) is 1. The van der Waals surface area contributed by atoms with Crippen molar-refractivity contribution < 1.29 is 19.4 Å². The van der Waals surface area contributed by atoms with Gasteiger partial charge in [-0.05, 0) is 41.5 Å². The largest absolute Gasteiger partial charge is 0.484 e. The first-order valence-corrected chi connectivity index (χ1v) is 13.8. The highest BCUT2D eigenvalue weighted by Gasteiger charge is 2.18. The standard InChI is InChI=1S/C28H25N3O4S2/c32-26(18-35-23-10-8-20(9-11-23)28-36-12-13-37-28)30-29-15-22-17-31(25-7-2-1-6-24(22)25)16-19-4-3-5-21(14-19)27(33)34/h1-11,14-15,17,28H,12-13,16,18H2,(H,30,32)(H,33,34)/b29-15-. The van der Waals surface area contributed by atoms with Gasteiger partial charge in [0.1, 0.15) is 5.75 Å². The molecule has 0 atom stereocenters. The lowest BCUT2D eigenvalue weighted by Gasteiger charge is -2.10. The molecule has 2 N–H and O–H groups in total. The lowest BCUT2D eigenvalue weighted by molar-refractivity contribution is -0.123. The Kier molecular flexibility index (Phi) is 7.82. The number of carbonyl (C=O) groups excluding carboxylic acids is 1. The zero-order valence-electron chi connectivity index (χ0n) is 19.9. The number of benzene rings is 3. The number of aromatic nitrogens is 1. The third-order valence-electron chi connectivity index (χ3n) is 5.88. The van der Waals surface area contributed by atoms with E-state index < -0.39 is 5.97 Å². The van der Waals surface area contributed by atoms with Gasteiger partial charge in [-0.25, -0.2) is 10.2 Å². The molecule has 0 radical (unpaired) electrons. The summed E-state index contributed by atoms with van der Waals surface area (Å²) in [7, 11) is 0. The number of nitrogens with one attached hydrogen (secondary N) is 1. The SMILES string of the molecule is O=C(COc1ccc(C2SCCS2)cc1)N/N=C\c1cn(Cc2cccc(C(=O)O)c2)c2ccccc12. The van der Waals surface area contributed by atoms with Gasteiger partial charge < -0.3 is 14.4 Å². The number of hydrazone groups is 1. The van der Waals surface area contributed by atoms with Gasteiger partial charge in [-0.1, -0.05) is 42.5 Å². The molecule has 4 aromatic rings. The van der Waals surface area contributed by atoms with Crippen molar-refractivity contribution >= 4 is 52.5 Å². The Bertz CT molecular complexity index is 1440. The Morgan fingerprint density at radius 3 is 2.62 bits per heavy atom. The molecule has 1 fully saturated rings. The van der Waals surface area contributed by atoms with Gasteiger partial charge in [0.25, 0.3) is 5.91 Å². The highest BCUT2D eigenvalue weighted by molar-refractivity contribution is 8.19. The minimum absolute atomic E-state index is 0.134. The van der Waals surface area contributed by atoms with E-state index in [9.17, 15) is 14.7 Å². The Morgan fingerprint density at radius 1 is 1.05 bits per heavy atom. The third kappa shape index (κ3) is 6.18. The van der Waals surface area contributed by atoms with Crippen LogP contribution in [0.5, 0.6) is 5.75 Å². The van der Waals surface area contributed by atoms with Crippen molar-refractivity contribution in [2.24, 2.45) is 5.10 Å². The van der Waals surface area contributed by atoms with Crippen LogP contribution in [-0.4, -0.2) is 45.9 Å². The molecule has 3 aromatic carbocycles. The number of fused-ring (bicyclic) bond motifs is 1. The number of hydrogen-bond acceptors (Lipinski definition) is 6. The summed E-state index contributed by atoms with van der Waals surface area (Å²) in [5.41, 5.74) is 6.74. The van der Waals surface area contributed by atoms with E-state index in [0.717, 1.165) is 22.0 Å². The molecule has 0 unspecified atom stereocenters. The topological polar surface area (TPSA) is 92.9 Å². The predicted octanol–water partition coefficient (Wildman–Crippen LogP) is 5.40. The molecule has 9 heteroatoms. The van der Waals surface area contributed by atoms with Crippen LogP contribution in [0.1, 0.15) is 31.6 Å². The van der Waals surface area contributed by atoms with Crippen LogP contribution in [0.25, 0.3) is 10.9 Å². The van der Waals surface area contributed by atoms with Gasteiger partial charge >= 0.3 is 5.97 Å². The van der Waals surface area contributed by atoms with E-state index in [1.165, 1.54) is 17.1 Å². The summed E-state index contributed by atoms with van der Waals surface area (Å²) in [4.78, 5) is 23.6. The summed E-state index contributed by atoms with van der Waals surface area (Å²) in [6.45, 7) is 0.373. The molecule has 1 aliphatic heterocycles. The average Bonchev–Trinajstić information content (AvgIpc) is 3.57. The highest BCUT2D eigenvalue weighted by Crippen LogP contribution is 2.45. The van der Waals surface area contributed by atoms with E-state index in [0.29, 0.717) is 16.9 Å². The number of hydrogen-bond donors (Lipinski definition) is 2. The minimum Gasteiger partial charge on any atom is -0.484 e. The van der Waals surface area contributed by atoms with E-state index in [4.69, 9.17) is 4.74 Å². The Labute approximate surface area is 222 Å². The zero-order chi connectivity index (χ0) is 25.6. The lowest BCUT2D eigenvalue weighted by Crippen LogP contribution is -2.24. The first kappa shape index (κ1) is 25.0. The molecule has 1 aliphatic rings. The first-order valence-electron chi connectivity index (χ1n) is 11.7. The summed E-state index contributed by atoms with van der Waals surface area (Å²) in [6.07, 6.45) is 3.54. The van der Waals surface area contributed by atoms with Crippen molar-refractivity contribution in [2.75, 3.05) is 18.1 Å². The molecule has 5 rings (SSSR count). The second kappa shape index (κ2) is 11.6. The number of nitrogens with zero attached hydrogens (tertiary/aromatic N) is 2. The maximum atomic E-state index is 12.3. The Morgan fingerprint density at radius 2 is 1.84 bits per heavy atom. The van der Waals surface area contributed by atoms with Crippen LogP contribution in [-0.2, 0) is 11.3 Å². The van der Waals surface area contributed by atoms with Gasteiger partial charge in [0.05, 0.1) is 16.4 Å². The average molecular weight is 532 g/mol. The van der Waals surface area contributed by atoms with Crippen LogP contribution in [0.4, 0.5) is 0 Å². The zero-order valence-corrected chi connectivity index (χ0v) is 21.5. The number of para-hydroxylation sites is 1. The minimum atomic E-state index is -0.953. The van der Waals surface area contributed by atoms with Gasteiger partial charge in [-0.15, -0.1) is 23.5 Å². The van der Waals surface area contributed by atoms with Crippen LogP contribution in [0.15, 0.2) is 84.1 Å².